The Balaban J connectivity index is 1.53. The van der Waals surface area contributed by atoms with Gasteiger partial charge in [0.2, 0.25) is 0 Å². The zero-order valence-electron chi connectivity index (χ0n) is 17.8. The SMILES string of the molecule is Cc1nc(N2CCOCC2)sc1C(=O)NNC(=O)COc1ccccc1C(C)(C)C. The lowest BCUT2D eigenvalue weighted by molar-refractivity contribution is -0.123. The first-order chi connectivity index (χ1) is 14.3. The van der Waals surface area contributed by atoms with E-state index in [0.29, 0.717) is 29.5 Å². The lowest BCUT2D eigenvalue weighted by Gasteiger charge is -2.25. The van der Waals surface area contributed by atoms with Crippen molar-refractivity contribution < 1.29 is 19.1 Å². The zero-order chi connectivity index (χ0) is 21.7. The molecular formula is C21H28N4O4S. The van der Waals surface area contributed by atoms with Gasteiger partial charge in [-0.2, -0.15) is 0 Å². The van der Waals surface area contributed by atoms with Crippen molar-refractivity contribution >= 4 is 28.3 Å². The Morgan fingerprint density at radius 3 is 2.60 bits per heavy atom. The van der Waals surface area contributed by atoms with E-state index in [1.807, 2.05) is 24.3 Å². The number of aryl methyl sites for hydroxylation is 1. The second-order valence-corrected chi connectivity index (χ2v) is 9.03. The molecule has 0 spiro atoms. The van der Waals surface area contributed by atoms with Crippen molar-refractivity contribution in [2.75, 3.05) is 37.8 Å². The van der Waals surface area contributed by atoms with Gasteiger partial charge in [-0.25, -0.2) is 4.98 Å². The topological polar surface area (TPSA) is 92.8 Å². The number of hydrogen-bond donors (Lipinski definition) is 2. The maximum Gasteiger partial charge on any atom is 0.281 e. The lowest BCUT2D eigenvalue weighted by atomic mass is 9.86. The molecule has 30 heavy (non-hydrogen) atoms. The average molecular weight is 433 g/mol. The number of benzene rings is 1. The third-order valence-corrected chi connectivity index (χ3v) is 5.86. The van der Waals surface area contributed by atoms with Gasteiger partial charge in [-0.3, -0.25) is 20.4 Å². The quantitative estimate of drug-likeness (QED) is 0.705. The summed E-state index contributed by atoms with van der Waals surface area (Å²) < 4.78 is 11.0. The predicted molar refractivity (Wildman–Crippen MR) is 116 cm³/mol. The molecule has 2 aromatic rings. The van der Waals surface area contributed by atoms with Gasteiger partial charge in [0.05, 0.1) is 18.9 Å². The van der Waals surface area contributed by atoms with E-state index in [4.69, 9.17) is 9.47 Å². The number of hydrazine groups is 1. The van der Waals surface area contributed by atoms with E-state index in [-0.39, 0.29) is 12.0 Å². The molecule has 9 heteroatoms. The van der Waals surface area contributed by atoms with Crippen molar-refractivity contribution in [3.63, 3.8) is 0 Å². The van der Waals surface area contributed by atoms with Gasteiger partial charge in [-0.05, 0) is 24.0 Å². The van der Waals surface area contributed by atoms with Gasteiger partial charge in [0, 0.05) is 13.1 Å². The van der Waals surface area contributed by atoms with Crippen LogP contribution in [-0.2, 0) is 14.9 Å². The Morgan fingerprint density at radius 2 is 1.90 bits per heavy atom. The highest BCUT2D eigenvalue weighted by atomic mass is 32.1. The molecule has 1 saturated heterocycles. The number of ether oxygens (including phenoxy) is 2. The summed E-state index contributed by atoms with van der Waals surface area (Å²) >= 11 is 1.31. The summed E-state index contributed by atoms with van der Waals surface area (Å²) in [5.41, 5.74) is 6.39. The van der Waals surface area contributed by atoms with Crippen molar-refractivity contribution in [3.05, 3.63) is 40.4 Å². The number of hydrogen-bond acceptors (Lipinski definition) is 7. The first kappa shape index (κ1) is 22.0. The number of carbonyl (C=O) groups is 2. The van der Waals surface area contributed by atoms with Crippen molar-refractivity contribution in [3.8, 4) is 5.75 Å². The molecule has 1 aromatic heterocycles. The first-order valence-electron chi connectivity index (χ1n) is 9.87. The molecule has 0 saturated carbocycles. The van der Waals surface area contributed by atoms with E-state index in [9.17, 15) is 9.59 Å². The predicted octanol–water partition coefficient (Wildman–Crippen LogP) is 2.43. The second-order valence-electron chi connectivity index (χ2n) is 8.05. The van der Waals surface area contributed by atoms with Gasteiger partial charge in [-0.15, -0.1) is 0 Å². The van der Waals surface area contributed by atoms with Crippen LogP contribution in [-0.4, -0.2) is 49.7 Å². The monoisotopic (exact) mass is 432 g/mol. The van der Waals surface area contributed by atoms with E-state index in [0.717, 1.165) is 23.8 Å². The lowest BCUT2D eigenvalue weighted by Crippen LogP contribution is -2.43. The Labute approximate surface area is 180 Å². The normalized spacial score (nSPS) is 14.3. The minimum atomic E-state index is -0.442. The number of para-hydroxylation sites is 1. The first-order valence-corrected chi connectivity index (χ1v) is 10.7. The highest BCUT2D eigenvalue weighted by Crippen LogP contribution is 2.31. The van der Waals surface area contributed by atoms with E-state index >= 15 is 0 Å². The van der Waals surface area contributed by atoms with Crippen LogP contribution in [0.2, 0.25) is 0 Å². The molecule has 0 radical (unpaired) electrons. The summed E-state index contributed by atoms with van der Waals surface area (Å²) in [6, 6.07) is 7.62. The Hall–Kier alpha value is -2.65. The second kappa shape index (κ2) is 9.44. The van der Waals surface area contributed by atoms with Crippen LogP contribution in [0.3, 0.4) is 0 Å². The number of anilines is 1. The number of rotatable bonds is 5. The van der Waals surface area contributed by atoms with Gasteiger partial charge in [-0.1, -0.05) is 50.3 Å². The molecule has 1 aromatic carbocycles. The summed E-state index contributed by atoms with van der Waals surface area (Å²) in [6.45, 7) is 10.6. The largest absolute Gasteiger partial charge is 0.483 e. The highest BCUT2D eigenvalue weighted by Gasteiger charge is 2.21. The molecule has 2 heterocycles. The standard InChI is InChI=1S/C21H28N4O4S/c1-14-18(30-20(22-14)25-9-11-28-12-10-25)19(27)24-23-17(26)13-29-16-8-6-5-7-15(16)21(2,3)4/h5-8H,9-13H2,1-4H3,(H,23,26)(H,24,27). The summed E-state index contributed by atoms with van der Waals surface area (Å²) in [4.78, 5) is 31.7. The van der Waals surface area contributed by atoms with Gasteiger partial charge in [0.15, 0.2) is 11.7 Å². The molecular weight excluding hydrogens is 404 g/mol. The van der Waals surface area contributed by atoms with Crippen molar-refractivity contribution in [2.24, 2.45) is 0 Å². The minimum Gasteiger partial charge on any atom is -0.483 e. The summed E-state index contributed by atoms with van der Waals surface area (Å²) in [6.07, 6.45) is 0. The average Bonchev–Trinajstić information content (AvgIpc) is 3.12. The molecule has 0 aliphatic carbocycles. The van der Waals surface area contributed by atoms with Crippen molar-refractivity contribution in [1.82, 2.24) is 15.8 Å². The fourth-order valence-corrected chi connectivity index (χ4v) is 4.07. The maximum atomic E-state index is 12.5. The van der Waals surface area contributed by atoms with Crippen LogP contribution in [0, 0.1) is 6.92 Å². The molecule has 1 aliphatic rings. The Kier molecular flexibility index (Phi) is 6.94. The zero-order valence-corrected chi connectivity index (χ0v) is 18.6. The van der Waals surface area contributed by atoms with Crippen LogP contribution in [0.4, 0.5) is 5.13 Å². The number of nitrogens with one attached hydrogen (secondary N) is 2. The fourth-order valence-electron chi connectivity index (χ4n) is 3.06. The van der Waals surface area contributed by atoms with Gasteiger partial charge < -0.3 is 14.4 Å². The molecule has 1 aliphatic heterocycles. The molecule has 3 rings (SSSR count). The molecule has 0 bridgehead atoms. The molecule has 162 valence electrons. The fraction of sp³-hybridized carbons (Fsp3) is 0.476. The van der Waals surface area contributed by atoms with Crippen LogP contribution < -0.4 is 20.5 Å². The number of aromatic nitrogens is 1. The van der Waals surface area contributed by atoms with Crippen LogP contribution in [0.15, 0.2) is 24.3 Å². The van der Waals surface area contributed by atoms with Crippen LogP contribution >= 0.6 is 11.3 Å². The molecule has 8 nitrogen and oxygen atoms in total. The smallest absolute Gasteiger partial charge is 0.281 e. The van der Waals surface area contributed by atoms with Gasteiger partial charge in [0.1, 0.15) is 10.6 Å². The third kappa shape index (κ3) is 5.48. The number of nitrogens with zero attached hydrogens (tertiary/aromatic N) is 2. The Morgan fingerprint density at radius 1 is 1.20 bits per heavy atom. The van der Waals surface area contributed by atoms with Crippen LogP contribution in [0.1, 0.15) is 41.7 Å². The van der Waals surface area contributed by atoms with Gasteiger partial charge in [0.25, 0.3) is 11.8 Å². The molecule has 0 unspecified atom stereocenters. The van der Waals surface area contributed by atoms with Crippen molar-refractivity contribution in [1.29, 1.82) is 0 Å². The molecule has 0 atom stereocenters. The van der Waals surface area contributed by atoms with Gasteiger partial charge >= 0.3 is 0 Å². The minimum absolute atomic E-state index is 0.108. The van der Waals surface area contributed by atoms with Crippen LogP contribution in [0.25, 0.3) is 0 Å². The van der Waals surface area contributed by atoms with E-state index < -0.39 is 11.8 Å². The number of thiazole rings is 1. The number of morpholine rings is 1. The van der Waals surface area contributed by atoms with E-state index in [2.05, 4.69) is 41.5 Å². The molecule has 1 fully saturated rings. The maximum absolute atomic E-state index is 12.5. The summed E-state index contributed by atoms with van der Waals surface area (Å²) in [7, 11) is 0. The number of carbonyl (C=O) groups excluding carboxylic acids is 2. The van der Waals surface area contributed by atoms with Crippen LogP contribution in [0.5, 0.6) is 5.75 Å². The highest BCUT2D eigenvalue weighted by molar-refractivity contribution is 7.17. The van der Waals surface area contributed by atoms with E-state index in [1.165, 1.54) is 11.3 Å². The van der Waals surface area contributed by atoms with Crippen molar-refractivity contribution in [2.45, 2.75) is 33.1 Å². The summed E-state index contributed by atoms with van der Waals surface area (Å²) in [5, 5.41) is 0.786. The Bertz CT molecular complexity index is 901. The molecule has 2 N–H and O–H groups in total. The molecule has 2 amide bonds. The number of amides is 2. The van der Waals surface area contributed by atoms with E-state index in [1.54, 1.807) is 6.92 Å². The summed E-state index contributed by atoms with van der Waals surface area (Å²) in [5.74, 6) is -0.185. The third-order valence-electron chi connectivity index (χ3n) is 4.64.